The van der Waals surface area contributed by atoms with Crippen LogP contribution in [0.3, 0.4) is 0 Å². The van der Waals surface area contributed by atoms with E-state index in [4.69, 9.17) is 17.3 Å². The summed E-state index contributed by atoms with van der Waals surface area (Å²) in [6, 6.07) is 3.85. The Morgan fingerprint density at radius 3 is 2.94 bits per heavy atom. The van der Waals surface area contributed by atoms with E-state index < -0.39 is 0 Å². The molecule has 5 heteroatoms. The van der Waals surface area contributed by atoms with E-state index in [2.05, 4.69) is 0 Å². The van der Waals surface area contributed by atoms with E-state index in [1.54, 1.807) is 4.90 Å². The van der Waals surface area contributed by atoms with E-state index >= 15 is 0 Å². The first kappa shape index (κ1) is 13.8. The summed E-state index contributed by atoms with van der Waals surface area (Å²) in [5, 5.41) is 0. The van der Waals surface area contributed by atoms with Crippen molar-refractivity contribution in [2.24, 2.45) is 17.6 Å². The lowest BCUT2D eigenvalue weighted by Crippen LogP contribution is -2.36. The molecule has 2 atom stereocenters. The van der Waals surface area contributed by atoms with Gasteiger partial charge in [-0.15, -0.1) is 11.3 Å². The average molecular weight is 287 g/mol. The van der Waals surface area contributed by atoms with Gasteiger partial charge in [0.2, 0.25) is 5.91 Å². The maximum Gasteiger partial charge on any atom is 0.226 e. The van der Waals surface area contributed by atoms with Crippen LogP contribution in [-0.2, 0) is 11.3 Å². The van der Waals surface area contributed by atoms with Gasteiger partial charge in [0.25, 0.3) is 0 Å². The molecular weight excluding hydrogens is 268 g/mol. The summed E-state index contributed by atoms with van der Waals surface area (Å²) in [7, 11) is 1.86. The number of halogens is 1. The Hall–Kier alpha value is -0.580. The average Bonchev–Trinajstić information content (AvgIpc) is 2.96. The first-order valence-electron chi connectivity index (χ1n) is 6.31. The molecule has 0 radical (unpaired) electrons. The Labute approximate surface area is 117 Å². The molecule has 18 heavy (non-hydrogen) atoms. The molecule has 1 saturated carbocycles. The fourth-order valence-electron chi connectivity index (χ4n) is 2.68. The predicted molar refractivity (Wildman–Crippen MR) is 75.7 cm³/mol. The molecule has 1 heterocycles. The minimum Gasteiger partial charge on any atom is -0.340 e. The lowest BCUT2D eigenvalue weighted by molar-refractivity contribution is -0.135. The van der Waals surface area contributed by atoms with Crippen LogP contribution in [0.5, 0.6) is 0 Å². The van der Waals surface area contributed by atoms with E-state index in [-0.39, 0.29) is 11.8 Å². The molecule has 0 aliphatic heterocycles. The van der Waals surface area contributed by atoms with Gasteiger partial charge >= 0.3 is 0 Å². The van der Waals surface area contributed by atoms with Crippen molar-refractivity contribution in [2.75, 3.05) is 13.6 Å². The first-order chi connectivity index (χ1) is 8.61. The molecule has 1 fully saturated rings. The summed E-state index contributed by atoms with van der Waals surface area (Å²) in [4.78, 5) is 15.3. The third-order valence-corrected chi connectivity index (χ3v) is 4.89. The number of nitrogens with zero attached hydrogens (tertiary/aromatic N) is 1. The molecular formula is C13H19ClN2OS. The Kier molecular flexibility index (Phi) is 4.65. The molecule has 1 aliphatic carbocycles. The van der Waals surface area contributed by atoms with E-state index in [1.165, 1.54) is 11.3 Å². The normalized spacial score (nSPS) is 23.3. The number of hydrogen-bond acceptors (Lipinski definition) is 3. The Bertz CT molecular complexity index is 421. The standard InChI is InChI=1S/C13H19ClN2OS/c1-16(8-10-5-6-12(14)18-10)13(17)11-4-2-3-9(11)7-15/h5-6,9,11H,2-4,7-8,15H2,1H3. The predicted octanol–water partition coefficient (Wildman–Crippen LogP) is 2.73. The van der Waals surface area contributed by atoms with Crippen molar-refractivity contribution in [1.82, 2.24) is 4.90 Å². The molecule has 2 N–H and O–H groups in total. The number of thiophene rings is 1. The van der Waals surface area contributed by atoms with Crippen molar-refractivity contribution in [2.45, 2.75) is 25.8 Å². The van der Waals surface area contributed by atoms with Gasteiger partial charge in [-0.2, -0.15) is 0 Å². The smallest absolute Gasteiger partial charge is 0.226 e. The van der Waals surface area contributed by atoms with Gasteiger partial charge in [-0.25, -0.2) is 0 Å². The number of amides is 1. The maximum atomic E-state index is 12.4. The zero-order valence-corrected chi connectivity index (χ0v) is 12.1. The summed E-state index contributed by atoms with van der Waals surface area (Å²) in [6.07, 6.45) is 3.19. The van der Waals surface area contributed by atoms with Gasteiger partial charge in [0.1, 0.15) is 0 Å². The quantitative estimate of drug-likeness (QED) is 0.925. The van der Waals surface area contributed by atoms with Gasteiger partial charge in [0.15, 0.2) is 0 Å². The molecule has 0 aromatic carbocycles. The molecule has 1 aliphatic rings. The summed E-state index contributed by atoms with van der Waals surface area (Å²) >= 11 is 7.42. The van der Waals surface area contributed by atoms with Gasteiger partial charge in [0, 0.05) is 17.8 Å². The minimum absolute atomic E-state index is 0.121. The van der Waals surface area contributed by atoms with Crippen LogP contribution in [0.25, 0.3) is 0 Å². The number of hydrogen-bond donors (Lipinski definition) is 1. The van der Waals surface area contributed by atoms with Crippen LogP contribution in [0.15, 0.2) is 12.1 Å². The third kappa shape index (κ3) is 3.05. The highest BCUT2D eigenvalue weighted by molar-refractivity contribution is 7.16. The summed E-state index contributed by atoms with van der Waals surface area (Å²) in [5.41, 5.74) is 5.73. The highest BCUT2D eigenvalue weighted by Gasteiger charge is 2.33. The SMILES string of the molecule is CN(Cc1ccc(Cl)s1)C(=O)C1CCCC1CN. The number of carbonyl (C=O) groups excluding carboxylic acids is 1. The van der Waals surface area contributed by atoms with Gasteiger partial charge in [-0.05, 0) is 37.4 Å². The molecule has 0 saturated heterocycles. The van der Waals surface area contributed by atoms with Crippen molar-refractivity contribution in [1.29, 1.82) is 0 Å². The monoisotopic (exact) mass is 286 g/mol. The van der Waals surface area contributed by atoms with Crippen LogP contribution in [-0.4, -0.2) is 24.4 Å². The van der Waals surface area contributed by atoms with E-state index in [1.807, 2.05) is 19.2 Å². The second-order valence-electron chi connectivity index (χ2n) is 4.93. The van der Waals surface area contributed by atoms with E-state index in [9.17, 15) is 4.79 Å². The first-order valence-corrected chi connectivity index (χ1v) is 7.50. The maximum absolute atomic E-state index is 12.4. The van der Waals surface area contributed by atoms with Crippen molar-refractivity contribution >= 4 is 28.8 Å². The molecule has 100 valence electrons. The van der Waals surface area contributed by atoms with Gasteiger partial charge in [-0.1, -0.05) is 18.0 Å². The van der Waals surface area contributed by atoms with Crippen molar-refractivity contribution in [3.05, 3.63) is 21.3 Å². The molecule has 1 amide bonds. The van der Waals surface area contributed by atoms with Gasteiger partial charge in [0.05, 0.1) is 10.9 Å². The van der Waals surface area contributed by atoms with E-state index in [0.717, 1.165) is 28.5 Å². The van der Waals surface area contributed by atoms with E-state index in [0.29, 0.717) is 19.0 Å². The number of nitrogens with two attached hydrogens (primary N) is 1. The summed E-state index contributed by atoms with van der Waals surface area (Å²) in [5.74, 6) is 0.717. The molecule has 2 unspecified atom stereocenters. The Morgan fingerprint density at radius 1 is 1.56 bits per heavy atom. The second-order valence-corrected chi connectivity index (χ2v) is 6.73. The zero-order chi connectivity index (χ0) is 13.1. The van der Waals surface area contributed by atoms with Crippen LogP contribution < -0.4 is 5.73 Å². The molecule has 0 bridgehead atoms. The number of rotatable bonds is 4. The molecule has 1 aromatic heterocycles. The minimum atomic E-state index is 0.121. The lowest BCUT2D eigenvalue weighted by Gasteiger charge is -2.24. The molecule has 3 nitrogen and oxygen atoms in total. The third-order valence-electron chi connectivity index (χ3n) is 3.68. The summed E-state index contributed by atoms with van der Waals surface area (Å²) in [6.45, 7) is 1.26. The lowest BCUT2D eigenvalue weighted by atomic mass is 9.95. The van der Waals surface area contributed by atoms with Crippen LogP contribution in [0.2, 0.25) is 4.34 Å². The van der Waals surface area contributed by atoms with Crippen molar-refractivity contribution < 1.29 is 4.79 Å². The highest BCUT2D eigenvalue weighted by atomic mass is 35.5. The van der Waals surface area contributed by atoms with Crippen LogP contribution >= 0.6 is 22.9 Å². The Balaban J connectivity index is 1.96. The van der Waals surface area contributed by atoms with Crippen LogP contribution in [0.1, 0.15) is 24.1 Å². The van der Waals surface area contributed by atoms with Crippen molar-refractivity contribution in [3.8, 4) is 0 Å². The zero-order valence-electron chi connectivity index (χ0n) is 10.6. The Morgan fingerprint density at radius 2 is 2.33 bits per heavy atom. The molecule has 0 spiro atoms. The van der Waals surface area contributed by atoms with Gasteiger partial charge < -0.3 is 10.6 Å². The largest absolute Gasteiger partial charge is 0.340 e. The van der Waals surface area contributed by atoms with Crippen LogP contribution in [0.4, 0.5) is 0 Å². The molecule has 2 rings (SSSR count). The fraction of sp³-hybridized carbons (Fsp3) is 0.615. The van der Waals surface area contributed by atoms with Crippen LogP contribution in [0, 0.1) is 11.8 Å². The highest BCUT2D eigenvalue weighted by Crippen LogP contribution is 2.32. The summed E-state index contributed by atoms with van der Waals surface area (Å²) < 4.78 is 0.770. The van der Waals surface area contributed by atoms with Gasteiger partial charge in [-0.3, -0.25) is 4.79 Å². The fourth-order valence-corrected chi connectivity index (χ4v) is 3.82. The van der Waals surface area contributed by atoms with Crippen molar-refractivity contribution in [3.63, 3.8) is 0 Å². The number of carbonyl (C=O) groups is 1. The topological polar surface area (TPSA) is 46.3 Å². The second kappa shape index (κ2) is 6.04. The molecule has 1 aromatic rings.